The molecule has 0 amide bonds. The highest BCUT2D eigenvalue weighted by atomic mass is 16.4. The summed E-state index contributed by atoms with van der Waals surface area (Å²) in [6, 6.07) is 5.37. The number of carbonyl (C=O) groups is 1. The van der Waals surface area contributed by atoms with Gasteiger partial charge in [-0.15, -0.1) is 5.10 Å². The molecule has 18 heavy (non-hydrogen) atoms. The van der Waals surface area contributed by atoms with Crippen LogP contribution < -0.4 is 0 Å². The maximum Gasteiger partial charge on any atom is 0.336 e. The number of aromatic carboxylic acids is 1. The second-order valence-corrected chi connectivity index (χ2v) is 4.20. The van der Waals surface area contributed by atoms with Crippen molar-refractivity contribution >= 4 is 5.97 Å². The minimum atomic E-state index is -0.932. The third-order valence-electron chi connectivity index (χ3n) is 2.73. The van der Waals surface area contributed by atoms with E-state index < -0.39 is 5.97 Å². The molecule has 5 nitrogen and oxygen atoms in total. The van der Waals surface area contributed by atoms with Gasteiger partial charge < -0.3 is 5.11 Å². The maximum absolute atomic E-state index is 11.3. The molecule has 1 aromatic heterocycles. The van der Waals surface area contributed by atoms with Crippen molar-refractivity contribution < 1.29 is 9.90 Å². The van der Waals surface area contributed by atoms with Gasteiger partial charge in [-0.05, 0) is 19.4 Å². The number of hydrogen-bond acceptors (Lipinski definition) is 3. The number of hydrogen-bond donors (Lipinski definition) is 1. The maximum atomic E-state index is 11.3. The Labute approximate surface area is 105 Å². The van der Waals surface area contributed by atoms with Gasteiger partial charge in [0.15, 0.2) is 0 Å². The van der Waals surface area contributed by atoms with Crippen molar-refractivity contribution in [3.8, 4) is 11.3 Å². The molecule has 1 N–H and O–H groups in total. The van der Waals surface area contributed by atoms with Gasteiger partial charge in [0.05, 0.1) is 17.5 Å². The summed E-state index contributed by atoms with van der Waals surface area (Å²) in [4.78, 5) is 11.3. The van der Waals surface area contributed by atoms with Crippen molar-refractivity contribution in [2.75, 3.05) is 0 Å². The first-order chi connectivity index (χ1) is 8.63. The summed E-state index contributed by atoms with van der Waals surface area (Å²) in [5.41, 5.74) is 2.61. The van der Waals surface area contributed by atoms with E-state index in [2.05, 4.69) is 10.3 Å². The molecule has 0 radical (unpaired) electrons. The standard InChI is InChI=1S/C13H15N3O2/c1-3-6-16-12(8-14-15-16)10-5-4-9(2)7-11(10)13(17)18/h4-5,7-8H,3,6H2,1-2H3,(H,17,18). The Kier molecular flexibility index (Phi) is 3.41. The van der Waals surface area contributed by atoms with Gasteiger partial charge in [0.1, 0.15) is 0 Å². The molecule has 1 heterocycles. The molecule has 0 saturated heterocycles. The lowest BCUT2D eigenvalue weighted by Gasteiger charge is -2.08. The van der Waals surface area contributed by atoms with Crippen molar-refractivity contribution in [3.63, 3.8) is 0 Å². The first-order valence-electron chi connectivity index (χ1n) is 5.86. The van der Waals surface area contributed by atoms with Crippen LogP contribution in [0.1, 0.15) is 29.3 Å². The predicted molar refractivity (Wildman–Crippen MR) is 67.4 cm³/mol. The molecule has 0 spiro atoms. The molecular weight excluding hydrogens is 230 g/mol. The van der Waals surface area contributed by atoms with Gasteiger partial charge >= 0.3 is 5.97 Å². The Hall–Kier alpha value is -2.17. The molecule has 0 aliphatic carbocycles. The number of nitrogens with zero attached hydrogens (tertiary/aromatic N) is 3. The summed E-state index contributed by atoms with van der Waals surface area (Å²) < 4.78 is 1.73. The number of aryl methyl sites for hydroxylation is 2. The van der Waals surface area contributed by atoms with Crippen LogP contribution in [0.5, 0.6) is 0 Å². The SMILES string of the molecule is CCCn1nncc1-c1ccc(C)cc1C(=O)O. The minimum Gasteiger partial charge on any atom is -0.478 e. The summed E-state index contributed by atoms with van der Waals surface area (Å²) in [6.45, 7) is 4.64. The molecule has 0 bridgehead atoms. The number of carboxylic acids is 1. The average Bonchev–Trinajstić information content (AvgIpc) is 2.77. The van der Waals surface area contributed by atoms with Crippen LogP contribution in [0.3, 0.4) is 0 Å². The fraction of sp³-hybridized carbons (Fsp3) is 0.308. The van der Waals surface area contributed by atoms with Gasteiger partial charge in [0.2, 0.25) is 0 Å². The lowest BCUT2D eigenvalue weighted by atomic mass is 10.0. The second kappa shape index (κ2) is 5.00. The highest BCUT2D eigenvalue weighted by Gasteiger charge is 2.15. The van der Waals surface area contributed by atoms with Crippen molar-refractivity contribution in [1.29, 1.82) is 0 Å². The third kappa shape index (κ3) is 2.25. The summed E-state index contributed by atoms with van der Waals surface area (Å²) >= 11 is 0. The van der Waals surface area contributed by atoms with Crippen LogP contribution in [0.15, 0.2) is 24.4 Å². The van der Waals surface area contributed by atoms with E-state index in [1.54, 1.807) is 16.9 Å². The Morgan fingerprint density at radius 2 is 2.22 bits per heavy atom. The normalized spacial score (nSPS) is 10.6. The van der Waals surface area contributed by atoms with Crippen molar-refractivity contribution in [2.24, 2.45) is 0 Å². The van der Waals surface area contributed by atoms with Crippen molar-refractivity contribution in [2.45, 2.75) is 26.8 Å². The van der Waals surface area contributed by atoms with Gasteiger partial charge in [-0.1, -0.05) is 29.8 Å². The number of carboxylic acid groups (broad SMARTS) is 1. The Bertz CT molecular complexity index is 575. The van der Waals surface area contributed by atoms with E-state index in [0.29, 0.717) is 5.56 Å². The molecule has 0 aliphatic heterocycles. The largest absolute Gasteiger partial charge is 0.478 e. The molecule has 0 saturated carbocycles. The summed E-state index contributed by atoms with van der Waals surface area (Å²) in [6.07, 6.45) is 2.53. The molecule has 0 fully saturated rings. The van der Waals surface area contributed by atoms with E-state index in [-0.39, 0.29) is 5.56 Å². The van der Waals surface area contributed by atoms with Gasteiger partial charge in [-0.2, -0.15) is 0 Å². The van der Waals surface area contributed by atoms with E-state index in [1.807, 2.05) is 26.0 Å². The molecular formula is C13H15N3O2. The smallest absolute Gasteiger partial charge is 0.336 e. The Morgan fingerprint density at radius 3 is 2.89 bits per heavy atom. The fourth-order valence-corrected chi connectivity index (χ4v) is 1.90. The minimum absolute atomic E-state index is 0.287. The molecule has 5 heteroatoms. The van der Waals surface area contributed by atoms with Crippen LogP contribution in [0.2, 0.25) is 0 Å². The van der Waals surface area contributed by atoms with Gasteiger partial charge in [-0.25, -0.2) is 9.48 Å². The van der Waals surface area contributed by atoms with Gasteiger partial charge in [-0.3, -0.25) is 0 Å². The number of aromatic nitrogens is 3. The lowest BCUT2D eigenvalue weighted by molar-refractivity contribution is 0.0697. The van der Waals surface area contributed by atoms with Crippen LogP contribution in [0, 0.1) is 6.92 Å². The molecule has 1 aromatic carbocycles. The van der Waals surface area contributed by atoms with Crippen molar-refractivity contribution in [1.82, 2.24) is 15.0 Å². The van der Waals surface area contributed by atoms with E-state index in [4.69, 9.17) is 0 Å². The third-order valence-corrected chi connectivity index (χ3v) is 2.73. The zero-order chi connectivity index (χ0) is 13.1. The summed E-state index contributed by atoms with van der Waals surface area (Å²) in [7, 11) is 0. The lowest BCUT2D eigenvalue weighted by Crippen LogP contribution is -2.06. The Balaban J connectivity index is 2.56. The van der Waals surface area contributed by atoms with Crippen LogP contribution >= 0.6 is 0 Å². The number of benzene rings is 1. The monoisotopic (exact) mass is 245 g/mol. The van der Waals surface area contributed by atoms with Crippen LogP contribution in [-0.2, 0) is 6.54 Å². The van der Waals surface area contributed by atoms with E-state index in [1.165, 1.54) is 0 Å². The average molecular weight is 245 g/mol. The molecule has 94 valence electrons. The number of rotatable bonds is 4. The zero-order valence-corrected chi connectivity index (χ0v) is 10.4. The van der Waals surface area contributed by atoms with Crippen LogP contribution in [0.25, 0.3) is 11.3 Å². The Morgan fingerprint density at radius 1 is 1.44 bits per heavy atom. The summed E-state index contributed by atoms with van der Waals surface area (Å²) in [5, 5.41) is 17.1. The topological polar surface area (TPSA) is 68.0 Å². The quantitative estimate of drug-likeness (QED) is 0.897. The molecule has 2 aromatic rings. The first kappa shape index (κ1) is 12.3. The highest BCUT2D eigenvalue weighted by molar-refractivity contribution is 5.95. The van der Waals surface area contributed by atoms with Crippen LogP contribution in [-0.4, -0.2) is 26.1 Å². The van der Waals surface area contributed by atoms with E-state index in [0.717, 1.165) is 24.2 Å². The highest BCUT2D eigenvalue weighted by Crippen LogP contribution is 2.24. The molecule has 2 rings (SSSR count). The van der Waals surface area contributed by atoms with Crippen LogP contribution in [0.4, 0.5) is 0 Å². The fourth-order valence-electron chi connectivity index (χ4n) is 1.90. The zero-order valence-electron chi connectivity index (χ0n) is 10.4. The van der Waals surface area contributed by atoms with E-state index in [9.17, 15) is 9.90 Å². The summed E-state index contributed by atoms with van der Waals surface area (Å²) in [5.74, 6) is -0.932. The predicted octanol–water partition coefficient (Wildman–Crippen LogP) is 2.36. The first-order valence-corrected chi connectivity index (χ1v) is 5.86. The molecule has 0 aliphatic rings. The van der Waals surface area contributed by atoms with E-state index >= 15 is 0 Å². The second-order valence-electron chi connectivity index (χ2n) is 4.20. The van der Waals surface area contributed by atoms with Gasteiger partial charge in [0, 0.05) is 12.1 Å². The van der Waals surface area contributed by atoms with Gasteiger partial charge in [0.25, 0.3) is 0 Å². The van der Waals surface area contributed by atoms with Crippen molar-refractivity contribution in [3.05, 3.63) is 35.5 Å². The molecule has 0 unspecified atom stereocenters. The molecule has 0 atom stereocenters.